The third-order valence-corrected chi connectivity index (χ3v) is 17.2. The summed E-state index contributed by atoms with van der Waals surface area (Å²) in [5, 5.41) is 10.9. The van der Waals surface area contributed by atoms with Crippen LogP contribution in [0.25, 0.3) is 22.5 Å². The molecule has 49 heavy (non-hydrogen) atoms. The number of nitrogens with zero attached hydrogens (tertiary/aromatic N) is 4. The van der Waals surface area contributed by atoms with Crippen LogP contribution in [0.4, 0.5) is 0 Å². The van der Waals surface area contributed by atoms with Gasteiger partial charge < -0.3 is 18.7 Å². The highest BCUT2D eigenvalue weighted by Gasteiger charge is 2.42. The fourth-order valence-electron chi connectivity index (χ4n) is 8.90. The summed E-state index contributed by atoms with van der Waals surface area (Å²) in [6.45, 7) is 11.9. The second-order valence-corrected chi connectivity index (χ2v) is 21.6. The first-order valence-electron chi connectivity index (χ1n) is 19.2. The smallest absolute Gasteiger partial charge is 0.192 e. The van der Waals surface area contributed by atoms with Crippen molar-refractivity contribution in [3.05, 3.63) is 84.7 Å². The molecule has 2 aromatic heterocycles. The van der Waals surface area contributed by atoms with E-state index in [2.05, 4.69) is 101 Å². The van der Waals surface area contributed by atoms with Crippen LogP contribution in [0.1, 0.15) is 121 Å². The van der Waals surface area contributed by atoms with Gasteiger partial charge in [0.05, 0.1) is 60.7 Å². The number of fused-ring (bicyclic) bond motifs is 6. The Morgan fingerprint density at radius 1 is 0.714 bits per heavy atom. The minimum atomic E-state index is -1.82. The summed E-state index contributed by atoms with van der Waals surface area (Å²) in [7, 11) is -1.82. The SMILES string of the molecule is CC(C)(C)[Si](C)(C)O[C@H](C[C@H]1c2ccccc2-c2cncn21)C1CCCCC1.O[C@H](C[C@H]1c2ccccc2-c2cncn21)C1CCCCC1. The van der Waals surface area contributed by atoms with Gasteiger partial charge >= 0.3 is 0 Å². The van der Waals surface area contributed by atoms with Crippen LogP contribution in [-0.4, -0.2) is 44.7 Å². The molecule has 0 unspecified atom stereocenters. The van der Waals surface area contributed by atoms with Crippen molar-refractivity contribution >= 4 is 8.32 Å². The Hall–Kier alpha value is -3.00. The van der Waals surface area contributed by atoms with E-state index in [0.717, 1.165) is 12.8 Å². The van der Waals surface area contributed by atoms with Gasteiger partial charge in [-0.3, -0.25) is 0 Å². The molecule has 0 amide bonds. The van der Waals surface area contributed by atoms with Crippen molar-refractivity contribution in [1.82, 2.24) is 19.1 Å². The molecule has 2 saturated carbocycles. The average Bonchev–Trinajstić information content (AvgIpc) is 3.89. The fourth-order valence-corrected chi connectivity index (χ4v) is 10.3. The maximum Gasteiger partial charge on any atom is 0.192 e. The normalized spacial score (nSPS) is 22.0. The summed E-state index contributed by atoms with van der Waals surface area (Å²) in [6.07, 6.45) is 22.9. The monoisotopic (exact) mass is 678 g/mol. The van der Waals surface area contributed by atoms with Crippen molar-refractivity contribution in [1.29, 1.82) is 0 Å². The Bertz CT molecular complexity index is 1690. The van der Waals surface area contributed by atoms with Gasteiger partial charge in [0.25, 0.3) is 0 Å². The molecule has 1 N–H and O–H groups in total. The zero-order valence-electron chi connectivity index (χ0n) is 30.5. The predicted octanol–water partition coefficient (Wildman–Crippen LogP) is 10.6. The molecule has 2 aliphatic carbocycles. The van der Waals surface area contributed by atoms with E-state index in [-0.39, 0.29) is 17.2 Å². The largest absolute Gasteiger partial charge is 0.414 e. The lowest BCUT2D eigenvalue weighted by Gasteiger charge is -2.43. The summed E-state index contributed by atoms with van der Waals surface area (Å²) in [4.78, 5) is 8.75. The maximum atomic E-state index is 10.7. The lowest BCUT2D eigenvalue weighted by atomic mass is 9.82. The van der Waals surface area contributed by atoms with Crippen LogP contribution in [0.5, 0.6) is 0 Å². The van der Waals surface area contributed by atoms with E-state index in [0.29, 0.717) is 24.0 Å². The van der Waals surface area contributed by atoms with Crippen molar-refractivity contribution in [2.75, 3.05) is 0 Å². The van der Waals surface area contributed by atoms with Crippen LogP contribution >= 0.6 is 0 Å². The van der Waals surface area contributed by atoms with Crippen LogP contribution < -0.4 is 0 Å². The standard InChI is InChI=1S/C24H36N2OSi.C18H22N2O/c1-24(2,3)28(4,5)27-23(18-11-7-6-8-12-18)15-21-19-13-9-10-14-20(19)22-16-25-17-26(21)22;21-18(13-6-2-1-3-7-13)10-16-14-8-4-5-9-15(14)17-11-19-12-20(16)17/h9-10,13-14,16-18,21,23H,6-8,11-12,15H2,1-5H3;4-5,8-9,11-13,16,18,21H,1-3,6-7,10H2/t21-,23+;16-,18+/m00/s1. The molecular formula is C42H58N4O2Si. The minimum absolute atomic E-state index is 0.197. The molecule has 8 rings (SSSR count). The lowest BCUT2D eigenvalue weighted by Crippen LogP contribution is -2.46. The van der Waals surface area contributed by atoms with Crippen molar-refractivity contribution in [3.8, 4) is 22.5 Å². The number of aliphatic hydroxyl groups is 1. The molecule has 0 saturated heterocycles. The molecule has 0 spiro atoms. The zero-order chi connectivity index (χ0) is 34.2. The molecule has 0 radical (unpaired) electrons. The van der Waals surface area contributed by atoms with E-state index in [4.69, 9.17) is 4.43 Å². The molecule has 4 heterocycles. The molecular weight excluding hydrogens is 621 g/mol. The molecule has 4 aliphatic rings. The van der Waals surface area contributed by atoms with E-state index in [1.807, 2.05) is 25.0 Å². The van der Waals surface area contributed by atoms with Gasteiger partial charge in [0.2, 0.25) is 0 Å². The topological polar surface area (TPSA) is 65.1 Å². The van der Waals surface area contributed by atoms with Crippen LogP contribution in [0.2, 0.25) is 18.1 Å². The first-order valence-corrected chi connectivity index (χ1v) is 22.1. The number of benzene rings is 2. The van der Waals surface area contributed by atoms with Crippen LogP contribution in [-0.2, 0) is 4.43 Å². The van der Waals surface area contributed by atoms with E-state index in [1.165, 1.54) is 97.8 Å². The third kappa shape index (κ3) is 7.00. The molecule has 7 heteroatoms. The predicted molar refractivity (Wildman–Crippen MR) is 202 cm³/mol. The summed E-state index contributed by atoms with van der Waals surface area (Å²) >= 11 is 0. The van der Waals surface area contributed by atoms with E-state index < -0.39 is 8.32 Å². The van der Waals surface area contributed by atoms with Crippen molar-refractivity contribution in [2.45, 2.75) is 140 Å². The summed E-state index contributed by atoms with van der Waals surface area (Å²) in [5.74, 6) is 1.18. The number of hydrogen-bond acceptors (Lipinski definition) is 4. The molecule has 2 aliphatic heterocycles. The Morgan fingerprint density at radius 2 is 1.18 bits per heavy atom. The highest BCUT2D eigenvalue weighted by molar-refractivity contribution is 6.74. The number of hydrogen-bond donors (Lipinski definition) is 1. The summed E-state index contributed by atoms with van der Waals surface area (Å²) in [5.41, 5.74) is 7.85. The number of rotatable bonds is 8. The average molecular weight is 679 g/mol. The molecule has 2 fully saturated rings. The quantitative estimate of drug-likeness (QED) is 0.188. The maximum absolute atomic E-state index is 10.7. The Balaban J connectivity index is 0.000000160. The Kier molecular flexibility index (Phi) is 10.1. The third-order valence-electron chi connectivity index (χ3n) is 12.7. The van der Waals surface area contributed by atoms with Gasteiger partial charge in [-0.1, -0.05) is 108 Å². The van der Waals surface area contributed by atoms with Gasteiger partial charge in [-0.15, -0.1) is 0 Å². The van der Waals surface area contributed by atoms with Crippen LogP contribution in [0.3, 0.4) is 0 Å². The molecule has 262 valence electrons. The van der Waals surface area contributed by atoms with Gasteiger partial charge in [0.15, 0.2) is 8.32 Å². The first kappa shape index (κ1) is 34.4. The van der Waals surface area contributed by atoms with Gasteiger partial charge in [-0.2, -0.15) is 0 Å². The molecule has 6 nitrogen and oxygen atoms in total. The van der Waals surface area contributed by atoms with Crippen molar-refractivity contribution < 1.29 is 9.53 Å². The van der Waals surface area contributed by atoms with Gasteiger partial charge in [0.1, 0.15) is 0 Å². The Labute approximate surface area is 295 Å². The highest BCUT2D eigenvalue weighted by Crippen LogP contribution is 2.46. The van der Waals surface area contributed by atoms with Crippen LogP contribution in [0, 0.1) is 11.8 Å². The number of aromatic nitrogens is 4. The summed E-state index contributed by atoms with van der Waals surface area (Å²) in [6, 6.07) is 18.0. The van der Waals surface area contributed by atoms with Gasteiger partial charge in [-0.05, 0) is 79.6 Å². The van der Waals surface area contributed by atoms with Crippen molar-refractivity contribution in [2.24, 2.45) is 11.8 Å². The van der Waals surface area contributed by atoms with E-state index in [1.54, 1.807) is 0 Å². The second kappa shape index (κ2) is 14.3. The minimum Gasteiger partial charge on any atom is -0.414 e. The molecule has 0 bridgehead atoms. The van der Waals surface area contributed by atoms with Gasteiger partial charge in [-0.25, -0.2) is 9.97 Å². The highest BCUT2D eigenvalue weighted by atomic mass is 28.4. The number of aliphatic hydroxyl groups excluding tert-OH is 1. The van der Waals surface area contributed by atoms with Crippen LogP contribution in [0.15, 0.2) is 73.6 Å². The zero-order valence-corrected chi connectivity index (χ0v) is 31.5. The van der Waals surface area contributed by atoms with E-state index in [9.17, 15) is 5.11 Å². The molecule has 4 atom stereocenters. The lowest BCUT2D eigenvalue weighted by molar-refractivity contribution is 0.0686. The number of imidazole rings is 2. The van der Waals surface area contributed by atoms with E-state index >= 15 is 0 Å². The fraction of sp³-hybridized carbons (Fsp3) is 0.571. The van der Waals surface area contributed by atoms with Gasteiger partial charge in [0, 0.05) is 11.1 Å². The molecule has 2 aromatic carbocycles. The van der Waals surface area contributed by atoms with Crippen molar-refractivity contribution in [3.63, 3.8) is 0 Å². The first-order chi connectivity index (χ1) is 23.6. The second-order valence-electron chi connectivity index (χ2n) is 16.8. The molecule has 4 aromatic rings. The Morgan fingerprint density at radius 3 is 1.69 bits per heavy atom. The summed E-state index contributed by atoms with van der Waals surface area (Å²) < 4.78 is 11.7.